The van der Waals surface area contributed by atoms with Crippen molar-refractivity contribution in [1.29, 1.82) is 0 Å². The van der Waals surface area contributed by atoms with Crippen LogP contribution in [0.25, 0.3) is 0 Å². The first-order valence-corrected chi connectivity index (χ1v) is 2.04. The smallest absolute Gasteiger partial charge is 0.0875 e. The Bertz CT molecular complexity index is 28.4. The van der Waals surface area contributed by atoms with Crippen molar-refractivity contribution in [2.45, 2.75) is 0 Å². The molecule has 0 bridgehead atoms. The van der Waals surface area contributed by atoms with Gasteiger partial charge >= 0.3 is 0 Å². The molecule has 0 rings (SSSR count). The molecular formula is C4H9O3. The summed E-state index contributed by atoms with van der Waals surface area (Å²) in [7, 11) is 0. The molecule has 0 aromatic heterocycles. The van der Waals surface area contributed by atoms with Crippen molar-refractivity contribution in [2.75, 3.05) is 13.2 Å². The van der Waals surface area contributed by atoms with E-state index in [4.69, 9.17) is 15.3 Å². The summed E-state index contributed by atoms with van der Waals surface area (Å²) in [5, 5.41) is 24.4. The van der Waals surface area contributed by atoms with Crippen LogP contribution < -0.4 is 0 Å². The largest absolute Gasteiger partial charge is 0.396 e. The Morgan fingerprint density at radius 1 is 1.29 bits per heavy atom. The molecule has 0 amide bonds. The van der Waals surface area contributed by atoms with Crippen LogP contribution in [0.5, 0.6) is 0 Å². The molecule has 3 nitrogen and oxygen atoms in total. The maximum Gasteiger partial charge on any atom is 0.0875 e. The van der Waals surface area contributed by atoms with Gasteiger partial charge in [0.25, 0.3) is 0 Å². The summed E-state index contributed by atoms with van der Waals surface area (Å²) in [4.78, 5) is 0. The van der Waals surface area contributed by atoms with E-state index in [0.717, 1.165) is 6.61 Å². The number of aliphatic hydroxyl groups excluding tert-OH is 3. The zero-order valence-electron chi connectivity index (χ0n) is 3.91. The van der Waals surface area contributed by atoms with Crippen molar-refractivity contribution in [1.82, 2.24) is 0 Å². The molecule has 0 heterocycles. The van der Waals surface area contributed by atoms with Gasteiger partial charge in [0.05, 0.1) is 19.8 Å². The van der Waals surface area contributed by atoms with Gasteiger partial charge in [0.2, 0.25) is 0 Å². The Kier molecular flexibility index (Phi) is 3.98. The molecule has 0 aromatic carbocycles. The molecule has 3 heteroatoms. The van der Waals surface area contributed by atoms with Crippen LogP contribution in [-0.2, 0) is 0 Å². The fraction of sp³-hybridized carbons (Fsp3) is 0.750. The average molecular weight is 105 g/mol. The number of rotatable bonds is 3. The molecule has 43 valence electrons. The van der Waals surface area contributed by atoms with Gasteiger partial charge in [0, 0.05) is 5.92 Å². The molecule has 1 radical (unpaired) electrons. The van der Waals surface area contributed by atoms with Gasteiger partial charge in [-0.05, 0) is 0 Å². The van der Waals surface area contributed by atoms with Gasteiger partial charge in [0.15, 0.2) is 0 Å². The highest BCUT2D eigenvalue weighted by atomic mass is 16.3. The predicted molar refractivity (Wildman–Crippen MR) is 23.9 cm³/mol. The first-order valence-electron chi connectivity index (χ1n) is 2.04. The van der Waals surface area contributed by atoms with Crippen molar-refractivity contribution in [2.24, 2.45) is 5.92 Å². The molecule has 0 aliphatic carbocycles. The van der Waals surface area contributed by atoms with Crippen molar-refractivity contribution < 1.29 is 15.3 Å². The zero-order chi connectivity index (χ0) is 5.70. The van der Waals surface area contributed by atoms with E-state index in [1.807, 2.05) is 0 Å². The minimum Gasteiger partial charge on any atom is -0.396 e. The van der Waals surface area contributed by atoms with Crippen LogP contribution in [-0.4, -0.2) is 28.5 Å². The van der Waals surface area contributed by atoms with Crippen molar-refractivity contribution in [3.05, 3.63) is 6.61 Å². The highest BCUT2D eigenvalue weighted by molar-refractivity contribution is 4.61. The van der Waals surface area contributed by atoms with Crippen LogP contribution in [0.3, 0.4) is 0 Å². The summed E-state index contributed by atoms with van der Waals surface area (Å²) in [6.07, 6.45) is 0. The van der Waals surface area contributed by atoms with Crippen molar-refractivity contribution in [3.8, 4) is 0 Å². The van der Waals surface area contributed by atoms with E-state index in [2.05, 4.69) is 0 Å². The molecule has 3 N–H and O–H groups in total. The first kappa shape index (κ1) is 6.88. The molecule has 0 saturated heterocycles. The second-order valence-electron chi connectivity index (χ2n) is 1.27. The number of hydrogen-bond acceptors (Lipinski definition) is 3. The third-order valence-electron chi connectivity index (χ3n) is 0.680. The second kappa shape index (κ2) is 4.05. The molecule has 0 unspecified atom stereocenters. The molecular weight excluding hydrogens is 96.0 g/mol. The molecule has 0 aliphatic rings. The summed E-state index contributed by atoms with van der Waals surface area (Å²) in [5.41, 5.74) is 0. The van der Waals surface area contributed by atoms with E-state index in [-0.39, 0.29) is 13.2 Å². The summed E-state index contributed by atoms with van der Waals surface area (Å²) >= 11 is 0. The van der Waals surface area contributed by atoms with Crippen molar-refractivity contribution >= 4 is 0 Å². The van der Waals surface area contributed by atoms with E-state index in [1.165, 1.54) is 0 Å². The molecule has 0 aromatic rings. The second-order valence-corrected chi connectivity index (χ2v) is 1.27. The SMILES string of the molecule is O[CH]C(CO)CO. The fourth-order valence-electron chi connectivity index (χ4n) is 0.152. The third kappa shape index (κ3) is 2.56. The standard InChI is InChI=1S/C4H9O3/c5-1-4(2-6)3-7/h1,4-7H,2-3H2. The fourth-order valence-corrected chi connectivity index (χ4v) is 0.152. The van der Waals surface area contributed by atoms with Gasteiger partial charge in [-0.2, -0.15) is 0 Å². The van der Waals surface area contributed by atoms with Gasteiger partial charge in [-0.25, -0.2) is 0 Å². The first-order chi connectivity index (χ1) is 3.35. The number of aliphatic hydroxyl groups is 3. The van der Waals surface area contributed by atoms with Crippen LogP contribution in [0.2, 0.25) is 0 Å². The lowest BCUT2D eigenvalue weighted by Crippen LogP contribution is -2.10. The third-order valence-corrected chi connectivity index (χ3v) is 0.680. The van der Waals surface area contributed by atoms with Gasteiger partial charge in [-0.15, -0.1) is 0 Å². The van der Waals surface area contributed by atoms with Gasteiger partial charge in [-0.1, -0.05) is 0 Å². The molecule has 0 spiro atoms. The van der Waals surface area contributed by atoms with E-state index >= 15 is 0 Å². The lowest BCUT2D eigenvalue weighted by Gasteiger charge is -2.02. The quantitative estimate of drug-likeness (QED) is 0.437. The van der Waals surface area contributed by atoms with E-state index in [9.17, 15) is 0 Å². The Morgan fingerprint density at radius 2 is 1.71 bits per heavy atom. The Balaban J connectivity index is 2.99. The minimum atomic E-state index is -0.472. The van der Waals surface area contributed by atoms with Crippen LogP contribution in [0.15, 0.2) is 0 Å². The minimum absolute atomic E-state index is 0.201. The monoisotopic (exact) mass is 105 g/mol. The Hall–Kier alpha value is -0.120. The maximum absolute atomic E-state index is 8.17. The van der Waals surface area contributed by atoms with Crippen LogP contribution in [0, 0.1) is 12.5 Å². The Morgan fingerprint density at radius 3 is 1.71 bits per heavy atom. The van der Waals surface area contributed by atoms with Gasteiger partial charge in [-0.3, -0.25) is 0 Å². The Labute approximate surface area is 42.2 Å². The van der Waals surface area contributed by atoms with E-state index in [0.29, 0.717) is 0 Å². The van der Waals surface area contributed by atoms with Crippen LogP contribution in [0.1, 0.15) is 0 Å². The molecule has 7 heavy (non-hydrogen) atoms. The van der Waals surface area contributed by atoms with Crippen LogP contribution in [0.4, 0.5) is 0 Å². The topological polar surface area (TPSA) is 60.7 Å². The highest BCUT2D eigenvalue weighted by Gasteiger charge is 2.01. The lowest BCUT2D eigenvalue weighted by atomic mass is 10.2. The van der Waals surface area contributed by atoms with Crippen LogP contribution >= 0.6 is 0 Å². The maximum atomic E-state index is 8.17. The molecule has 0 saturated carbocycles. The summed E-state index contributed by atoms with van der Waals surface area (Å²) in [6, 6.07) is 0. The molecule has 0 atom stereocenters. The van der Waals surface area contributed by atoms with E-state index in [1.54, 1.807) is 0 Å². The summed E-state index contributed by atoms with van der Waals surface area (Å²) < 4.78 is 0. The summed E-state index contributed by atoms with van der Waals surface area (Å²) in [6.45, 7) is 0.375. The lowest BCUT2D eigenvalue weighted by molar-refractivity contribution is 0.133. The normalized spacial score (nSPS) is 10.3. The van der Waals surface area contributed by atoms with Gasteiger partial charge in [0.1, 0.15) is 0 Å². The average Bonchev–Trinajstić information content (AvgIpc) is 1.72. The summed E-state index contributed by atoms with van der Waals surface area (Å²) in [5.74, 6) is -0.472. The van der Waals surface area contributed by atoms with Gasteiger partial charge < -0.3 is 15.3 Å². The number of hydrogen-bond donors (Lipinski definition) is 3. The molecule has 0 fully saturated rings. The highest BCUT2D eigenvalue weighted by Crippen LogP contribution is 1.92. The molecule has 0 aliphatic heterocycles. The zero-order valence-corrected chi connectivity index (χ0v) is 3.91. The van der Waals surface area contributed by atoms with E-state index < -0.39 is 5.92 Å². The van der Waals surface area contributed by atoms with Crippen molar-refractivity contribution in [3.63, 3.8) is 0 Å². The predicted octanol–water partition coefficient (Wildman–Crippen LogP) is -0.879.